The highest BCUT2D eigenvalue weighted by Crippen LogP contribution is 2.61. The van der Waals surface area contributed by atoms with Gasteiger partial charge < -0.3 is 50.0 Å². The molecule has 13 heteroatoms. The molecule has 13 nitrogen and oxygen atoms in total. The number of nitro groups is 1. The van der Waals surface area contributed by atoms with Crippen molar-refractivity contribution in [3.8, 4) is 51.7 Å². The van der Waals surface area contributed by atoms with Gasteiger partial charge in [-0.2, -0.15) is 0 Å². The van der Waals surface area contributed by atoms with E-state index in [-0.39, 0.29) is 58.4 Å². The van der Waals surface area contributed by atoms with Crippen molar-refractivity contribution >= 4 is 5.69 Å². The number of benzene rings is 4. The molecule has 0 spiro atoms. The molecule has 0 unspecified atom stereocenters. The fourth-order valence-electron chi connectivity index (χ4n) is 6.13. The van der Waals surface area contributed by atoms with Gasteiger partial charge in [-0.25, -0.2) is 0 Å². The van der Waals surface area contributed by atoms with Crippen molar-refractivity contribution in [3.05, 3.63) is 92.5 Å². The number of hydrogen-bond donors (Lipinski definition) is 7. The maximum Gasteiger partial charge on any atom is 0.279 e. The van der Waals surface area contributed by atoms with E-state index in [1.807, 2.05) is 0 Å². The van der Waals surface area contributed by atoms with E-state index in [4.69, 9.17) is 14.2 Å². The molecule has 0 saturated heterocycles. The van der Waals surface area contributed by atoms with Crippen molar-refractivity contribution in [3.63, 3.8) is 0 Å². The Morgan fingerprint density at radius 2 is 1.53 bits per heavy atom. The van der Waals surface area contributed by atoms with E-state index in [1.54, 1.807) is 0 Å². The highest BCUT2D eigenvalue weighted by molar-refractivity contribution is 5.66. The first-order valence-corrected chi connectivity index (χ1v) is 13.1. The molecule has 0 amide bonds. The molecule has 0 saturated carbocycles. The molecule has 2 bridgehead atoms. The summed E-state index contributed by atoms with van der Waals surface area (Å²) in [5, 5.41) is 84.1. The van der Waals surface area contributed by atoms with Crippen LogP contribution < -0.4 is 14.2 Å². The van der Waals surface area contributed by atoms with Crippen LogP contribution in [-0.4, -0.2) is 46.8 Å². The summed E-state index contributed by atoms with van der Waals surface area (Å²) in [4.78, 5) is 11.1. The first kappa shape index (κ1) is 26.3. The zero-order chi connectivity index (χ0) is 30.4. The number of hydrogen-bond acceptors (Lipinski definition) is 12. The Morgan fingerprint density at radius 3 is 2.23 bits per heavy atom. The molecular weight excluding hydrogens is 566 g/mol. The molecule has 4 aromatic rings. The topological polar surface area (TPSA) is 212 Å². The van der Waals surface area contributed by atoms with Crippen molar-refractivity contribution in [1.29, 1.82) is 0 Å². The number of nitrogens with zero attached hydrogens (tertiary/aromatic N) is 1. The standard InChI is InChI=1S/C30H23NO12/c32-18-3-1-12(5-20(18)34)28-23(37)9-16-19(33)10-25-26(29(16)41-28)17-11-30(43-25,13-6-21(35)27(38)22(36)7-13)42-24-4-2-14(31(39)40)8-15(17)24/h1-8,10,17,23,28,32-38H,9,11H2/t17-,23-,28+,30-/m0/s1. The number of non-ortho nitro benzene ring substituents is 1. The molecule has 0 radical (unpaired) electrons. The minimum atomic E-state index is -1.72. The summed E-state index contributed by atoms with van der Waals surface area (Å²) in [5.41, 5.74) is 1.33. The molecule has 4 aromatic carbocycles. The predicted octanol–water partition coefficient (Wildman–Crippen LogP) is 4.03. The van der Waals surface area contributed by atoms with Crippen molar-refractivity contribution in [2.75, 3.05) is 0 Å². The minimum absolute atomic E-state index is 0.0361. The Labute approximate surface area is 241 Å². The molecule has 0 fully saturated rings. The molecule has 0 aliphatic carbocycles. The maximum absolute atomic E-state index is 11.7. The molecule has 0 aromatic heterocycles. The average molecular weight is 590 g/mol. The number of phenols is 6. The van der Waals surface area contributed by atoms with Crippen LogP contribution in [0.2, 0.25) is 0 Å². The average Bonchev–Trinajstić information content (AvgIpc) is 2.96. The highest BCUT2D eigenvalue weighted by atomic mass is 16.7. The number of nitro benzene ring substituents is 1. The summed E-state index contributed by atoms with van der Waals surface area (Å²) in [6.45, 7) is 0. The third kappa shape index (κ3) is 3.89. The SMILES string of the molecule is O=[N+]([O-])c1ccc2c(c1)[C@@H]1C[C@](c3cc(O)c(O)c(O)c3)(O2)Oc2cc(O)c3c(c21)O[C@H](c1ccc(O)c(O)c1)[C@@H](O)C3. The molecule has 3 aliphatic heterocycles. The zero-order valence-electron chi connectivity index (χ0n) is 22.0. The van der Waals surface area contributed by atoms with Gasteiger partial charge in [-0.05, 0) is 35.9 Å². The molecule has 220 valence electrons. The summed E-state index contributed by atoms with van der Waals surface area (Å²) in [6.07, 6.45) is -2.29. The van der Waals surface area contributed by atoms with E-state index in [0.717, 1.165) is 12.1 Å². The van der Waals surface area contributed by atoms with Gasteiger partial charge in [0.2, 0.25) is 0 Å². The van der Waals surface area contributed by atoms with Gasteiger partial charge in [0.25, 0.3) is 11.5 Å². The fraction of sp³-hybridized carbons (Fsp3) is 0.200. The molecule has 3 aliphatic rings. The van der Waals surface area contributed by atoms with Gasteiger partial charge in [0, 0.05) is 59.2 Å². The van der Waals surface area contributed by atoms with E-state index in [9.17, 15) is 45.9 Å². The second-order valence-electron chi connectivity index (χ2n) is 10.7. The van der Waals surface area contributed by atoms with Crippen LogP contribution in [-0.2, 0) is 12.2 Å². The lowest BCUT2D eigenvalue weighted by molar-refractivity contribution is -0.385. The van der Waals surface area contributed by atoms with Crippen LogP contribution in [0.25, 0.3) is 0 Å². The molecule has 7 rings (SSSR count). The number of aliphatic hydroxyl groups excluding tert-OH is 1. The van der Waals surface area contributed by atoms with Gasteiger partial charge in [-0.3, -0.25) is 10.1 Å². The highest BCUT2D eigenvalue weighted by Gasteiger charge is 2.53. The smallest absolute Gasteiger partial charge is 0.279 e. The normalized spacial score (nSPS) is 23.0. The van der Waals surface area contributed by atoms with Crippen LogP contribution in [0, 0.1) is 10.1 Å². The van der Waals surface area contributed by atoms with Crippen LogP contribution in [0.4, 0.5) is 5.69 Å². The zero-order valence-corrected chi connectivity index (χ0v) is 22.0. The number of aromatic hydroxyl groups is 6. The van der Waals surface area contributed by atoms with Gasteiger partial charge in [0.15, 0.2) is 28.7 Å². The second-order valence-corrected chi connectivity index (χ2v) is 10.7. The Balaban J connectivity index is 1.44. The van der Waals surface area contributed by atoms with Crippen LogP contribution in [0.3, 0.4) is 0 Å². The van der Waals surface area contributed by atoms with Gasteiger partial charge in [0.1, 0.15) is 29.1 Å². The van der Waals surface area contributed by atoms with Crippen molar-refractivity contribution in [2.24, 2.45) is 0 Å². The largest absolute Gasteiger partial charge is 0.507 e. The van der Waals surface area contributed by atoms with Crippen LogP contribution in [0.5, 0.6) is 51.7 Å². The third-order valence-corrected chi connectivity index (χ3v) is 8.16. The summed E-state index contributed by atoms with van der Waals surface area (Å²) in [7, 11) is 0. The van der Waals surface area contributed by atoms with Crippen LogP contribution >= 0.6 is 0 Å². The van der Waals surface area contributed by atoms with Gasteiger partial charge in [-0.15, -0.1) is 0 Å². The number of phenolic OH excluding ortho intramolecular Hbond substituents is 6. The molecule has 7 N–H and O–H groups in total. The van der Waals surface area contributed by atoms with Crippen molar-refractivity contribution < 1.29 is 54.9 Å². The Bertz CT molecular complexity index is 1830. The summed E-state index contributed by atoms with van der Waals surface area (Å²) in [6, 6.07) is 11.6. The van der Waals surface area contributed by atoms with E-state index in [1.165, 1.54) is 42.5 Å². The first-order valence-electron chi connectivity index (χ1n) is 13.1. The Morgan fingerprint density at radius 1 is 0.814 bits per heavy atom. The summed E-state index contributed by atoms with van der Waals surface area (Å²) < 4.78 is 19.0. The minimum Gasteiger partial charge on any atom is -0.507 e. The fourth-order valence-corrected chi connectivity index (χ4v) is 6.13. The van der Waals surface area contributed by atoms with Gasteiger partial charge in [-0.1, -0.05) is 6.07 Å². The van der Waals surface area contributed by atoms with Crippen molar-refractivity contribution in [1.82, 2.24) is 0 Å². The molecular formula is C30H23NO12. The van der Waals surface area contributed by atoms with Crippen LogP contribution in [0.15, 0.2) is 54.6 Å². The van der Waals surface area contributed by atoms with Gasteiger partial charge in [0.05, 0.1) is 11.0 Å². The maximum atomic E-state index is 11.7. The summed E-state index contributed by atoms with van der Waals surface area (Å²) >= 11 is 0. The van der Waals surface area contributed by atoms with Gasteiger partial charge >= 0.3 is 0 Å². The van der Waals surface area contributed by atoms with E-state index >= 15 is 0 Å². The quantitative estimate of drug-likeness (QED) is 0.103. The summed E-state index contributed by atoms with van der Waals surface area (Å²) in [5.74, 6) is -5.08. The van der Waals surface area contributed by atoms with E-state index < -0.39 is 51.8 Å². The van der Waals surface area contributed by atoms with E-state index in [0.29, 0.717) is 16.7 Å². The van der Waals surface area contributed by atoms with Crippen LogP contribution in [0.1, 0.15) is 46.3 Å². The number of fused-ring (bicyclic) bond motifs is 8. The predicted molar refractivity (Wildman–Crippen MR) is 145 cm³/mol. The lowest BCUT2D eigenvalue weighted by atomic mass is 9.76. The number of ether oxygens (including phenoxy) is 3. The second kappa shape index (κ2) is 8.97. The lowest BCUT2D eigenvalue weighted by Crippen LogP contribution is -2.47. The third-order valence-electron chi connectivity index (χ3n) is 8.16. The Hall–Kier alpha value is -5.56. The molecule has 43 heavy (non-hydrogen) atoms. The molecule has 4 atom stereocenters. The Kier molecular flexibility index (Phi) is 5.49. The van der Waals surface area contributed by atoms with E-state index in [2.05, 4.69) is 0 Å². The number of rotatable bonds is 3. The molecule has 3 heterocycles. The number of aliphatic hydroxyl groups is 1. The monoisotopic (exact) mass is 589 g/mol. The first-order chi connectivity index (χ1) is 20.5. The lowest BCUT2D eigenvalue weighted by Gasteiger charge is -2.47. The van der Waals surface area contributed by atoms with Crippen molar-refractivity contribution in [2.45, 2.75) is 36.8 Å².